The Morgan fingerprint density at radius 3 is 1.96 bits per heavy atom. The van der Waals surface area contributed by atoms with Crippen LogP contribution in [0.4, 0.5) is 0 Å². The smallest absolute Gasteiger partial charge is 0.145 e. The number of hydrogen-bond acceptors (Lipinski definition) is 3. The summed E-state index contributed by atoms with van der Waals surface area (Å²) < 4.78 is 10.9. The minimum absolute atomic E-state index is 0.136. The monoisotopic (exact) mass is 628 g/mol. The summed E-state index contributed by atoms with van der Waals surface area (Å²) in [5, 5.41) is 27.2. The van der Waals surface area contributed by atoms with Gasteiger partial charge >= 0.3 is 0 Å². The Morgan fingerprint density at radius 1 is 0.612 bits per heavy atom. The number of fused-ring (bicyclic) bond motifs is 10. The molecule has 9 aromatic rings. The molecule has 0 radical (unpaired) electrons. The fourth-order valence-corrected chi connectivity index (χ4v) is 7.52. The molecule has 0 unspecified atom stereocenters. The second-order valence-corrected chi connectivity index (χ2v) is 12.3. The van der Waals surface area contributed by atoms with E-state index in [9.17, 15) is 10.5 Å². The van der Waals surface area contributed by atoms with Gasteiger partial charge in [0.15, 0.2) is 0 Å². The van der Waals surface area contributed by atoms with E-state index < -0.39 is 0 Å². The largest absolute Gasteiger partial charge is 0.455 e. The topological polar surface area (TPSA) is 70.6 Å². The van der Waals surface area contributed by atoms with Crippen molar-refractivity contribution >= 4 is 76.9 Å². The van der Waals surface area contributed by atoms with Gasteiger partial charge in [0.05, 0.1) is 51.2 Å². The first kappa shape index (κ1) is 28.4. The lowest BCUT2D eigenvalue weighted by Crippen LogP contribution is -2.05. The first-order valence-electron chi connectivity index (χ1n) is 16.3. The molecule has 0 N–H and O–H groups in total. The van der Waals surface area contributed by atoms with Crippen molar-refractivity contribution in [3.05, 3.63) is 145 Å². The van der Waals surface area contributed by atoms with Crippen molar-refractivity contribution in [2.75, 3.05) is 0 Å². The Hall–Kier alpha value is -6.82. The molecule has 0 spiro atoms. The van der Waals surface area contributed by atoms with E-state index in [-0.39, 0.29) is 6.42 Å². The Kier molecular flexibility index (Phi) is 6.47. The van der Waals surface area contributed by atoms with E-state index in [1.807, 2.05) is 73.7 Å². The summed E-state index contributed by atoms with van der Waals surface area (Å²) >= 11 is 0. The Bertz CT molecular complexity index is 2880. The highest BCUT2D eigenvalue weighted by Gasteiger charge is 2.24. The van der Waals surface area contributed by atoms with Crippen molar-refractivity contribution in [1.82, 2.24) is 9.13 Å². The highest BCUT2D eigenvalue weighted by atomic mass is 16.3. The summed E-state index contributed by atoms with van der Waals surface area (Å²) in [5.74, 6) is 0. The Morgan fingerprint density at radius 2 is 1.24 bits per heavy atom. The lowest BCUT2D eigenvalue weighted by atomic mass is 10.0. The fraction of sp³-hybridized carbons (Fsp3) is 0.0455. The molecule has 0 amide bonds. The molecule has 0 atom stereocenters. The van der Waals surface area contributed by atoms with Crippen LogP contribution in [0.5, 0.6) is 0 Å². The zero-order valence-corrected chi connectivity index (χ0v) is 26.7. The van der Waals surface area contributed by atoms with Crippen LogP contribution in [0, 0.1) is 22.7 Å². The third-order valence-electron chi connectivity index (χ3n) is 9.65. The zero-order valence-electron chi connectivity index (χ0n) is 26.7. The van der Waals surface area contributed by atoms with Crippen LogP contribution in [-0.4, -0.2) is 9.13 Å². The van der Waals surface area contributed by atoms with Crippen molar-refractivity contribution in [2.45, 2.75) is 13.3 Å². The first-order chi connectivity index (χ1) is 24.2. The molecular weight excluding hydrogens is 601 g/mol. The normalized spacial score (nSPS) is 12.7. The summed E-state index contributed by atoms with van der Waals surface area (Å²) in [4.78, 5) is 0. The van der Waals surface area contributed by atoms with Gasteiger partial charge in [-0.05, 0) is 66.6 Å². The van der Waals surface area contributed by atoms with Crippen LogP contribution in [0.1, 0.15) is 13.3 Å². The molecule has 0 fully saturated rings. The molecule has 0 aliphatic heterocycles. The van der Waals surface area contributed by atoms with Crippen LogP contribution in [0.3, 0.4) is 0 Å². The van der Waals surface area contributed by atoms with E-state index in [1.54, 1.807) is 0 Å². The SMILES string of the molecule is C/C(=C(C#N)\C(=C/CC#N)n1c2ccc(-c3ccccc3)cc2c2c3oc4ccccc4c3ccc21)n1c2ccccc2c2ccccc21. The number of allylic oxidation sites excluding steroid dienone is 4. The van der Waals surface area contributed by atoms with E-state index in [2.05, 4.69) is 94.1 Å². The number of para-hydroxylation sites is 3. The van der Waals surface area contributed by atoms with E-state index >= 15 is 0 Å². The standard InChI is InChI=1S/C44H28N4O/c1-28(47-37-17-8-5-14-31(37)32-15-6-9-18-38(32)47)36(27-46)39(19-11-25-45)48-40-23-21-30(29-12-3-2-4-13-29)26-35(40)43-41(48)24-22-34-33-16-7-10-20-42(33)49-44(34)43/h2-10,12-24,26H,11H2,1H3/b36-28+,39-19+. The number of rotatable bonds is 5. The molecule has 3 aromatic heterocycles. The predicted octanol–water partition coefficient (Wildman–Crippen LogP) is 11.7. The number of hydrogen-bond donors (Lipinski definition) is 0. The minimum Gasteiger partial charge on any atom is -0.455 e. The summed E-state index contributed by atoms with van der Waals surface area (Å²) in [6.07, 6.45) is 2.01. The minimum atomic E-state index is 0.136. The summed E-state index contributed by atoms with van der Waals surface area (Å²) in [5.41, 5.74) is 9.61. The predicted molar refractivity (Wildman–Crippen MR) is 201 cm³/mol. The van der Waals surface area contributed by atoms with Crippen molar-refractivity contribution in [1.29, 1.82) is 10.5 Å². The molecule has 230 valence electrons. The van der Waals surface area contributed by atoms with Crippen LogP contribution < -0.4 is 0 Å². The summed E-state index contributed by atoms with van der Waals surface area (Å²) in [7, 11) is 0. The van der Waals surface area contributed by atoms with Gasteiger partial charge < -0.3 is 13.6 Å². The lowest BCUT2D eigenvalue weighted by molar-refractivity contribution is 0.673. The second kappa shape index (κ2) is 11.2. The molecular formula is C44H28N4O. The molecule has 5 nitrogen and oxygen atoms in total. The maximum atomic E-state index is 11.0. The number of nitrogens with zero attached hydrogens (tertiary/aromatic N) is 4. The van der Waals surface area contributed by atoms with Crippen LogP contribution in [-0.2, 0) is 0 Å². The summed E-state index contributed by atoms with van der Waals surface area (Å²) in [6.45, 7) is 2.00. The van der Waals surface area contributed by atoms with E-state index in [0.717, 1.165) is 82.4 Å². The molecule has 0 aliphatic carbocycles. The fourth-order valence-electron chi connectivity index (χ4n) is 7.52. The van der Waals surface area contributed by atoms with Gasteiger partial charge in [0, 0.05) is 32.6 Å². The molecule has 0 aliphatic rings. The average molecular weight is 629 g/mol. The highest BCUT2D eigenvalue weighted by molar-refractivity contribution is 6.25. The number of benzene rings is 6. The lowest BCUT2D eigenvalue weighted by Gasteiger charge is -2.17. The van der Waals surface area contributed by atoms with E-state index in [0.29, 0.717) is 11.3 Å². The van der Waals surface area contributed by atoms with Crippen molar-refractivity contribution in [3.8, 4) is 23.3 Å². The molecule has 6 aromatic carbocycles. The van der Waals surface area contributed by atoms with E-state index in [1.165, 1.54) is 0 Å². The quantitative estimate of drug-likeness (QED) is 0.141. The van der Waals surface area contributed by atoms with Crippen molar-refractivity contribution in [2.24, 2.45) is 0 Å². The molecule has 0 saturated heterocycles. The molecule has 0 saturated carbocycles. The third kappa shape index (κ3) is 4.23. The van der Waals surface area contributed by atoms with E-state index in [4.69, 9.17) is 4.42 Å². The zero-order chi connectivity index (χ0) is 33.1. The molecule has 49 heavy (non-hydrogen) atoms. The Labute approximate surface area is 282 Å². The van der Waals surface area contributed by atoms with Crippen molar-refractivity contribution < 1.29 is 4.42 Å². The molecule has 0 bridgehead atoms. The summed E-state index contributed by atoms with van der Waals surface area (Å²) in [6, 6.07) is 50.6. The van der Waals surface area contributed by atoms with Gasteiger partial charge in [0.1, 0.15) is 17.2 Å². The number of aromatic nitrogens is 2. The Balaban J connectivity index is 1.40. The first-order valence-corrected chi connectivity index (χ1v) is 16.3. The van der Waals surface area contributed by atoms with Crippen molar-refractivity contribution in [3.63, 3.8) is 0 Å². The van der Waals surface area contributed by atoms with Gasteiger partial charge in [-0.2, -0.15) is 10.5 Å². The number of nitriles is 2. The third-order valence-corrected chi connectivity index (χ3v) is 9.65. The molecule has 3 heterocycles. The van der Waals surface area contributed by atoms with Crippen LogP contribution in [0.15, 0.2) is 150 Å². The van der Waals surface area contributed by atoms with Gasteiger partial charge in [0.25, 0.3) is 0 Å². The van der Waals surface area contributed by atoms with Gasteiger partial charge in [-0.25, -0.2) is 0 Å². The maximum Gasteiger partial charge on any atom is 0.145 e. The van der Waals surface area contributed by atoms with Gasteiger partial charge in [0.2, 0.25) is 0 Å². The van der Waals surface area contributed by atoms with Crippen LogP contribution >= 0.6 is 0 Å². The molecule has 9 rings (SSSR count). The maximum absolute atomic E-state index is 11.0. The van der Waals surface area contributed by atoms with Gasteiger partial charge in [-0.15, -0.1) is 0 Å². The van der Waals surface area contributed by atoms with Crippen LogP contribution in [0.25, 0.3) is 88.1 Å². The highest BCUT2D eigenvalue weighted by Crippen LogP contribution is 2.43. The van der Waals surface area contributed by atoms with Gasteiger partial charge in [-0.3, -0.25) is 0 Å². The van der Waals surface area contributed by atoms with Gasteiger partial charge in [-0.1, -0.05) is 91.0 Å². The number of furan rings is 1. The molecule has 5 heteroatoms. The second-order valence-electron chi connectivity index (χ2n) is 12.3. The average Bonchev–Trinajstić information content (AvgIpc) is 3.81. The van der Waals surface area contributed by atoms with Crippen LogP contribution in [0.2, 0.25) is 0 Å².